The Morgan fingerprint density at radius 2 is 2.50 bits per heavy atom. The highest BCUT2D eigenvalue weighted by atomic mass is 16.1. The van der Waals surface area contributed by atoms with E-state index in [4.69, 9.17) is 5.73 Å². The van der Waals surface area contributed by atoms with Crippen molar-refractivity contribution in [1.29, 1.82) is 0 Å². The van der Waals surface area contributed by atoms with E-state index in [1.165, 1.54) is 0 Å². The maximum absolute atomic E-state index is 10.9. The van der Waals surface area contributed by atoms with E-state index in [2.05, 4.69) is 10.4 Å². The lowest BCUT2D eigenvalue weighted by atomic mass is 10.4. The van der Waals surface area contributed by atoms with Crippen molar-refractivity contribution in [3.63, 3.8) is 0 Å². The van der Waals surface area contributed by atoms with Crippen molar-refractivity contribution in [1.82, 2.24) is 15.1 Å². The van der Waals surface area contributed by atoms with Crippen LogP contribution in [-0.4, -0.2) is 22.7 Å². The number of carbonyl (C=O) groups is 1. The average molecular weight is 168 g/mol. The highest BCUT2D eigenvalue weighted by Crippen LogP contribution is 2.03. The van der Waals surface area contributed by atoms with Crippen LogP contribution >= 0.6 is 0 Å². The molecule has 0 saturated carbocycles. The van der Waals surface area contributed by atoms with Gasteiger partial charge < -0.3 is 11.1 Å². The molecule has 1 rings (SSSR count). The lowest BCUT2D eigenvalue weighted by molar-refractivity contribution is -0.121. The summed E-state index contributed by atoms with van der Waals surface area (Å²) < 4.78 is 1.56. The molecule has 0 saturated heterocycles. The molecule has 0 aliphatic carbocycles. The van der Waals surface area contributed by atoms with Crippen LogP contribution in [0.25, 0.3) is 0 Å². The number of hydrogen-bond acceptors (Lipinski definition) is 3. The molecule has 12 heavy (non-hydrogen) atoms. The molecule has 5 heteroatoms. The van der Waals surface area contributed by atoms with Crippen LogP contribution in [0.1, 0.15) is 5.69 Å². The molecule has 0 aliphatic rings. The highest BCUT2D eigenvalue weighted by Gasteiger charge is 2.04. The average Bonchev–Trinajstić information content (AvgIpc) is 2.30. The van der Waals surface area contributed by atoms with Gasteiger partial charge in [0, 0.05) is 18.8 Å². The number of amides is 1. The Morgan fingerprint density at radius 1 is 1.83 bits per heavy atom. The van der Waals surface area contributed by atoms with Crippen molar-refractivity contribution in [2.24, 2.45) is 0 Å². The van der Waals surface area contributed by atoms with E-state index in [9.17, 15) is 4.79 Å². The molecule has 3 N–H and O–H groups in total. The zero-order chi connectivity index (χ0) is 9.14. The first-order valence-electron chi connectivity index (χ1n) is 3.64. The lowest BCUT2D eigenvalue weighted by Gasteiger charge is -2.01. The van der Waals surface area contributed by atoms with Crippen LogP contribution in [0.2, 0.25) is 0 Å². The molecule has 0 unspecified atom stereocenters. The Morgan fingerprint density at radius 3 is 2.92 bits per heavy atom. The molecule has 5 nitrogen and oxygen atoms in total. The molecule has 1 heterocycles. The van der Waals surface area contributed by atoms with Crippen LogP contribution in [0, 0.1) is 6.92 Å². The summed E-state index contributed by atoms with van der Waals surface area (Å²) in [5.74, 6) is 0.359. The quantitative estimate of drug-likeness (QED) is 0.626. The molecule has 0 bridgehead atoms. The van der Waals surface area contributed by atoms with Gasteiger partial charge in [0.05, 0.1) is 0 Å². The fourth-order valence-electron chi connectivity index (χ4n) is 0.911. The second-order valence-corrected chi connectivity index (χ2v) is 2.54. The van der Waals surface area contributed by atoms with Crippen molar-refractivity contribution in [2.75, 3.05) is 12.8 Å². The Kier molecular flexibility index (Phi) is 2.32. The minimum absolute atomic E-state index is 0.0822. The van der Waals surface area contributed by atoms with Gasteiger partial charge in [-0.1, -0.05) is 0 Å². The number of likely N-dealkylation sites (N-methyl/N-ethyl adjacent to an activating group) is 1. The summed E-state index contributed by atoms with van der Waals surface area (Å²) in [6.45, 7) is 2.08. The van der Waals surface area contributed by atoms with E-state index < -0.39 is 0 Å². The van der Waals surface area contributed by atoms with E-state index in [0.29, 0.717) is 5.82 Å². The SMILES string of the molecule is CNC(=O)Cn1nc(N)cc1C. The van der Waals surface area contributed by atoms with Crippen LogP contribution in [0.3, 0.4) is 0 Å². The van der Waals surface area contributed by atoms with E-state index in [0.717, 1.165) is 5.69 Å². The smallest absolute Gasteiger partial charge is 0.241 e. The Bertz CT molecular complexity index is 292. The summed E-state index contributed by atoms with van der Waals surface area (Å²) >= 11 is 0. The molecule has 1 aromatic heterocycles. The van der Waals surface area contributed by atoms with Crippen molar-refractivity contribution < 1.29 is 4.79 Å². The number of rotatable bonds is 2. The van der Waals surface area contributed by atoms with Crippen LogP contribution in [0.4, 0.5) is 5.82 Å². The van der Waals surface area contributed by atoms with Crippen LogP contribution in [0.15, 0.2) is 6.07 Å². The van der Waals surface area contributed by atoms with Gasteiger partial charge in [0.2, 0.25) is 5.91 Å². The van der Waals surface area contributed by atoms with Gasteiger partial charge in [0.1, 0.15) is 12.4 Å². The molecule has 0 aliphatic heterocycles. The van der Waals surface area contributed by atoms with Crippen LogP contribution < -0.4 is 11.1 Å². The first-order valence-corrected chi connectivity index (χ1v) is 3.64. The van der Waals surface area contributed by atoms with E-state index >= 15 is 0 Å². The molecule has 66 valence electrons. The monoisotopic (exact) mass is 168 g/mol. The predicted octanol–water partition coefficient (Wildman–Crippen LogP) is -0.480. The van der Waals surface area contributed by atoms with Gasteiger partial charge in [0.15, 0.2) is 0 Å². The number of anilines is 1. The fraction of sp³-hybridized carbons (Fsp3) is 0.429. The number of carbonyl (C=O) groups excluding carboxylic acids is 1. The molecule has 0 atom stereocenters. The van der Waals surface area contributed by atoms with Gasteiger partial charge in [0.25, 0.3) is 0 Å². The zero-order valence-corrected chi connectivity index (χ0v) is 7.16. The minimum atomic E-state index is -0.0822. The number of nitrogens with zero attached hydrogens (tertiary/aromatic N) is 2. The molecular weight excluding hydrogens is 156 g/mol. The van der Waals surface area contributed by atoms with Crippen molar-refractivity contribution in [3.8, 4) is 0 Å². The molecule has 0 radical (unpaired) electrons. The number of nitrogens with two attached hydrogens (primary N) is 1. The van der Waals surface area contributed by atoms with E-state index in [1.54, 1.807) is 17.8 Å². The first kappa shape index (κ1) is 8.58. The summed E-state index contributed by atoms with van der Waals surface area (Å²) in [7, 11) is 1.59. The Balaban J connectivity index is 2.75. The standard InChI is InChI=1S/C7H12N4O/c1-5-3-6(8)10-11(5)4-7(12)9-2/h3H,4H2,1-2H3,(H2,8,10)(H,9,12). The van der Waals surface area contributed by atoms with E-state index in [-0.39, 0.29) is 12.5 Å². The van der Waals surface area contributed by atoms with Gasteiger partial charge in [-0.3, -0.25) is 9.48 Å². The third-order valence-corrected chi connectivity index (χ3v) is 1.57. The van der Waals surface area contributed by atoms with E-state index in [1.807, 2.05) is 6.92 Å². The second-order valence-electron chi connectivity index (χ2n) is 2.54. The second kappa shape index (κ2) is 3.25. The third kappa shape index (κ3) is 1.75. The van der Waals surface area contributed by atoms with Crippen molar-refractivity contribution in [2.45, 2.75) is 13.5 Å². The van der Waals surface area contributed by atoms with Gasteiger partial charge in [-0.05, 0) is 6.92 Å². The summed E-state index contributed by atoms with van der Waals surface area (Å²) in [6, 6.07) is 1.73. The maximum atomic E-state index is 10.9. The lowest BCUT2D eigenvalue weighted by Crippen LogP contribution is -2.24. The number of aromatic nitrogens is 2. The topological polar surface area (TPSA) is 72.9 Å². The molecule has 0 aromatic carbocycles. The number of hydrogen-bond donors (Lipinski definition) is 2. The highest BCUT2D eigenvalue weighted by molar-refractivity contribution is 5.75. The zero-order valence-electron chi connectivity index (χ0n) is 7.16. The predicted molar refractivity (Wildman–Crippen MR) is 45.4 cm³/mol. The maximum Gasteiger partial charge on any atom is 0.241 e. The number of aryl methyl sites for hydroxylation is 1. The van der Waals surface area contributed by atoms with Crippen molar-refractivity contribution in [3.05, 3.63) is 11.8 Å². The normalized spacial score (nSPS) is 9.83. The van der Waals surface area contributed by atoms with Gasteiger partial charge >= 0.3 is 0 Å². The summed E-state index contributed by atoms with van der Waals surface area (Å²) in [5, 5.41) is 6.44. The Hall–Kier alpha value is -1.52. The Labute approximate surface area is 70.5 Å². The van der Waals surface area contributed by atoms with Crippen LogP contribution in [-0.2, 0) is 11.3 Å². The molecule has 1 aromatic rings. The van der Waals surface area contributed by atoms with Gasteiger partial charge in [-0.2, -0.15) is 5.10 Å². The largest absolute Gasteiger partial charge is 0.382 e. The van der Waals surface area contributed by atoms with Gasteiger partial charge in [-0.15, -0.1) is 0 Å². The summed E-state index contributed by atoms with van der Waals surface area (Å²) in [6.07, 6.45) is 0. The molecule has 0 fully saturated rings. The summed E-state index contributed by atoms with van der Waals surface area (Å²) in [5.41, 5.74) is 6.32. The van der Waals surface area contributed by atoms with Crippen molar-refractivity contribution >= 4 is 11.7 Å². The molecule has 0 spiro atoms. The fourth-order valence-corrected chi connectivity index (χ4v) is 0.911. The number of nitrogens with one attached hydrogen (secondary N) is 1. The third-order valence-electron chi connectivity index (χ3n) is 1.57. The molecule has 1 amide bonds. The first-order chi connectivity index (χ1) is 5.63. The number of nitrogen functional groups attached to an aromatic ring is 1. The summed E-state index contributed by atoms with van der Waals surface area (Å²) in [4.78, 5) is 10.9. The molecular formula is C7H12N4O. The minimum Gasteiger partial charge on any atom is -0.382 e. The van der Waals surface area contributed by atoms with Crippen LogP contribution in [0.5, 0.6) is 0 Å². The van der Waals surface area contributed by atoms with Gasteiger partial charge in [-0.25, -0.2) is 0 Å².